The average molecular weight is 277 g/mol. The molecule has 1 aromatic rings. The van der Waals surface area contributed by atoms with Crippen molar-refractivity contribution in [1.82, 2.24) is 5.32 Å². The lowest BCUT2D eigenvalue weighted by atomic mass is 9.88. The maximum absolute atomic E-state index is 5.96. The summed E-state index contributed by atoms with van der Waals surface area (Å²) in [6.45, 7) is 4.48. The lowest BCUT2D eigenvalue weighted by Crippen LogP contribution is -2.27. The molecule has 1 N–H and O–H groups in total. The van der Waals surface area contributed by atoms with E-state index in [-0.39, 0.29) is 0 Å². The summed E-state index contributed by atoms with van der Waals surface area (Å²) in [6.07, 6.45) is 5.61. The fourth-order valence-corrected chi connectivity index (χ4v) is 2.84. The van der Waals surface area contributed by atoms with Crippen LogP contribution in [0.3, 0.4) is 0 Å². The molecule has 20 heavy (non-hydrogen) atoms. The lowest BCUT2D eigenvalue weighted by molar-refractivity contribution is -0.0165. The molecule has 0 radical (unpaired) electrons. The van der Waals surface area contributed by atoms with Crippen LogP contribution in [0.25, 0.3) is 0 Å². The minimum atomic E-state index is 0.433. The smallest absolute Gasteiger partial charge is 0.119 e. The molecular weight excluding hydrogens is 250 g/mol. The highest BCUT2D eigenvalue weighted by Gasteiger charge is 2.21. The molecule has 0 amide bonds. The van der Waals surface area contributed by atoms with Gasteiger partial charge in [0.15, 0.2) is 0 Å². The summed E-state index contributed by atoms with van der Waals surface area (Å²) in [6, 6.07) is 8.22. The molecule has 0 spiro atoms. The van der Waals surface area contributed by atoms with Crippen LogP contribution >= 0.6 is 0 Å². The van der Waals surface area contributed by atoms with Crippen LogP contribution in [0.2, 0.25) is 0 Å². The molecule has 1 aliphatic rings. The summed E-state index contributed by atoms with van der Waals surface area (Å²) in [7, 11) is 1.95. The quantitative estimate of drug-likeness (QED) is 0.775. The Balaban J connectivity index is 1.68. The van der Waals surface area contributed by atoms with Crippen molar-refractivity contribution in [2.45, 2.75) is 45.3 Å². The highest BCUT2D eigenvalue weighted by atomic mass is 16.5. The standard InChI is InChI=1S/C17H27NO2/c1-14-6-3-4-9-17(14)20-11-10-19-16-8-5-7-15(12-16)13-18-2/h5,7-8,12,14,17-18H,3-4,6,9-11,13H2,1-2H3. The monoisotopic (exact) mass is 277 g/mol. The van der Waals surface area contributed by atoms with E-state index in [2.05, 4.69) is 24.4 Å². The summed E-state index contributed by atoms with van der Waals surface area (Å²) in [5.41, 5.74) is 1.24. The average Bonchev–Trinajstić information content (AvgIpc) is 2.46. The zero-order valence-electron chi connectivity index (χ0n) is 12.7. The Hall–Kier alpha value is -1.06. The van der Waals surface area contributed by atoms with Crippen molar-refractivity contribution in [2.24, 2.45) is 5.92 Å². The Morgan fingerprint density at radius 1 is 1.20 bits per heavy atom. The van der Waals surface area contributed by atoms with E-state index in [9.17, 15) is 0 Å². The van der Waals surface area contributed by atoms with E-state index >= 15 is 0 Å². The van der Waals surface area contributed by atoms with Crippen molar-refractivity contribution in [3.8, 4) is 5.75 Å². The van der Waals surface area contributed by atoms with Gasteiger partial charge in [0, 0.05) is 6.54 Å². The number of rotatable bonds is 7. The van der Waals surface area contributed by atoms with E-state index in [0.29, 0.717) is 25.2 Å². The molecule has 2 rings (SSSR count). The van der Waals surface area contributed by atoms with E-state index in [4.69, 9.17) is 9.47 Å². The van der Waals surface area contributed by atoms with Crippen LogP contribution < -0.4 is 10.1 Å². The first-order chi connectivity index (χ1) is 9.79. The summed E-state index contributed by atoms with van der Waals surface area (Å²) in [5.74, 6) is 1.63. The van der Waals surface area contributed by atoms with Crippen molar-refractivity contribution >= 4 is 0 Å². The molecule has 1 saturated carbocycles. The van der Waals surface area contributed by atoms with Gasteiger partial charge in [-0.05, 0) is 43.5 Å². The van der Waals surface area contributed by atoms with E-state index in [1.165, 1.54) is 31.2 Å². The van der Waals surface area contributed by atoms with Crippen LogP contribution in [-0.2, 0) is 11.3 Å². The summed E-state index contributed by atoms with van der Waals surface area (Å²) < 4.78 is 11.7. The van der Waals surface area contributed by atoms with Gasteiger partial charge in [-0.2, -0.15) is 0 Å². The van der Waals surface area contributed by atoms with Crippen molar-refractivity contribution in [3.05, 3.63) is 29.8 Å². The molecule has 1 aromatic carbocycles. The van der Waals surface area contributed by atoms with E-state index in [1.54, 1.807) is 0 Å². The van der Waals surface area contributed by atoms with Gasteiger partial charge in [-0.3, -0.25) is 0 Å². The first-order valence-electron chi connectivity index (χ1n) is 7.77. The van der Waals surface area contributed by atoms with Gasteiger partial charge >= 0.3 is 0 Å². The second-order valence-corrected chi connectivity index (χ2v) is 5.70. The Labute approximate surface area is 122 Å². The molecule has 3 nitrogen and oxygen atoms in total. The molecule has 2 unspecified atom stereocenters. The second kappa shape index (κ2) is 8.28. The minimum absolute atomic E-state index is 0.433. The third kappa shape index (κ3) is 4.80. The molecule has 3 heteroatoms. The van der Waals surface area contributed by atoms with Crippen molar-refractivity contribution in [3.63, 3.8) is 0 Å². The predicted octanol–water partition coefficient (Wildman–Crippen LogP) is 3.38. The molecule has 0 aromatic heterocycles. The van der Waals surface area contributed by atoms with Crippen LogP contribution in [0.15, 0.2) is 24.3 Å². The van der Waals surface area contributed by atoms with Crippen molar-refractivity contribution in [1.29, 1.82) is 0 Å². The Morgan fingerprint density at radius 2 is 2.05 bits per heavy atom. The third-order valence-electron chi connectivity index (χ3n) is 4.00. The molecule has 0 saturated heterocycles. The molecule has 1 fully saturated rings. The van der Waals surface area contributed by atoms with E-state index in [1.807, 2.05) is 19.2 Å². The highest BCUT2D eigenvalue weighted by molar-refractivity contribution is 5.28. The SMILES string of the molecule is CNCc1cccc(OCCOC2CCCCC2C)c1. The normalized spacial score (nSPS) is 22.7. The zero-order valence-corrected chi connectivity index (χ0v) is 12.7. The Morgan fingerprint density at radius 3 is 2.85 bits per heavy atom. The topological polar surface area (TPSA) is 30.5 Å². The zero-order chi connectivity index (χ0) is 14.2. The van der Waals surface area contributed by atoms with Crippen LogP contribution in [0.4, 0.5) is 0 Å². The largest absolute Gasteiger partial charge is 0.491 e. The van der Waals surface area contributed by atoms with Crippen molar-refractivity contribution in [2.75, 3.05) is 20.3 Å². The highest BCUT2D eigenvalue weighted by Crippen LogP contribution is 2.26. The summed E-state index contributed by atoms with van der Waals surface area (Å²) in [5, 5.41) is 3.15. The molecule has 1 aliphatic carbocycles. The van der Waals surface area contributed by atoms with Gasteiger partial charge in [-0.15, -0.1) is 0 Å². The summed E-state index contributed by atoms with van der Waals surface area (Å²) >= 11 is 0. The molecule has 0 aliphatic heterocycles. The number of hydrogen-bond donors (Lipinski definition) is 1. The van der Waals surface area contributed by atoms with Crippen LogP contribution in [0.5, 0.6) is 5.75 Å². The molecule has 112 valence electrons. The van der Waals surface area contributed by atoms with Gasteiger partial charge in [0.1, 0.15) is 12.4 Å². The van der Waals surface area contributed by atoms with Crippen LogP contribution in [0, 0.1) is 5.92 Å². The number of ether oxygens (including phenoxy) is 2. The minimum Gasteiger partial charge on any atom is -0.491 e. The van der Waals surface area contributed by atoms with Gasteiger partial charge in [0.25, 0.3) is 0 Å². The number of nitrogens with one attached hydrogen (secondary N) is 1. The maximum Gasteiger partial charge on any atom is 0.119 e. The first kappa shape index (κ1) is 15.3. The fourth-order valence-electron chi connectivity index (χ4n) is 2.84. The van der Waals surface area contributed by atoms with Gasteiger partial charge < -0.3 is 14.8 Å². The van der Waals surface area contributed by atoms with E-state index < -0.39 is 0 Å². The number of benzene rings is 1. The van der Waals surface area contributed by atoms with Gasteiger partial charge in [0.05, 0.1) is 12.7 Å². The van der Waals surface area contributed by atoms with Gasteiger partial charge in [0.2, 0.25) is 0 Å². The van der Waals surface area contributed by atoms with Gasteiger partial charge in [-0.25, -0.2) is 0 Å². The third-order valence-corrected chi connectivity index (χ3v) is 4.00. The lowest BCUT2D eigenvalue weighted by Gasteiger charge is -2.28. The van der Waals surface area contributed by atoms with Crippen LogP contribution in [-0.4, -0.2) is 26.4 Å². The Kier molecular flexibility index (Phi) is 6.34. The fraction of sp³-hybridized carbons (Fsp3) is 0.647. The second-order valence-electron chi connectivity index (χ2n) is 5.70. The van der Waals surface area contributed by atoms with E-state index in [0.717, 1.165) is 12.3 Å². The summed E-state index contributed by atoms with van der Waals surface area (Å²) in [4.78, 5) is 0. The molecule has 0 bridgehead atoms. The molecule has 0 heterocycles. The van der Waals surface area contributed by atoms with Crippen LogP contribution in [0.1, 0.15) is 38.2 Å². The molecule has 2 atom stereocenters. The first-order valence-corrected chi connectivity index (χ1v) is 7.77. The Bertz CT molecular complexity index is 394. The predicted molar refractivity (Wildman–Crippen MR) is 82.1 cm³/mol. The van der Waals surface area contributed by atoms with Crippen molar-refractivity contribution < 1.29 is 9.47 Å². The molecular formula is C17H27NO2. The van der Waals surface area contributed by atoms with Gasteiger partial charge in [-0.1, -0.05) is 31.9 Å². The maximum atomic E-state index is 5.96. The number of hydrogen-bond acceptors (Lipinski definition) is 3.